The zero-order valence-electron chi connectivity index (χ0n) is 16.6. The third-order valence-corrected chi connectivity index (χ3v) is 5.69. The van der Waals surface area contributed by atoms with E-state index in [9.17, 15) is 18.0 Å². The van der Waals surface area contributed by atoms with Gasteiger partial charge < -0.3 is 9.88 Å². The Kier molecular flexibility index (Phi) is 4.44. The van der Waals surface area contributed by atoms with Gasteiger partial charge >= 0.3 is 6.18 Å². The smallest absolute Gasteiger partial charge is 0.347 e. The van der Waals surface area contributed by atoms with Crippen molar-refractivity contribution < 1.29 is 13.2 Å². The van der Waals surface area contributed by atoms with E-state index in [2.05, 4.69) is 20.0 Å². The maximum absolute atomic E-state index is 12.7. The third kappa shape index (κ3) is 3.31. The zero-order valence-corrected chi connectivity index (χ0v) is 16.6. The monoisotopic (exact) mass is 425 g/mol. The Morgan fingerprint density at radius 1 is 1.10 bits per heavy atom. The van der Waals surface area contributed by atoms with E-state index in [1.807, 2.05) is 25.2 Å². The highest BCUT2D eigenvalue weighted by atomic mass is 19.4. The molecule has 0 bridgehead atoms. The van der Waals surface area contributed by atoms with Crippen LogP contribution in [-0.2, 0) is 26.2 Å². The first-order valence-corrected chi connectivity index (χ1v) is 9.77. The molecular weight excluding hydrogens is 407 g/mol. The first-order valence-electron chi connectivity index (χ1n) is 9.77. The van der Waals surface area contributed by atoms with E-state index in [0.29, 0.717) is 11.3 Å². The van der Waals surface area contributed by atoms with Crippen molar-refractivity contribution >= 4 is 10.9 Å². The van der Waals surface area contributed by atoms with Crippen LogP contribution in [0.15, 0.2) is 53.6 Å². The van der Waals surface area contributed by atoms with Crippen LogP contribution in [0.5, 0.6) is 0 Å². The molecule has 9 heteroatoms. The minimum Gasteiger partial charge on any atom is -0.347 e. The predicted molar refractivity (Wildman–Crippen MR) is 110 cm³/mol. The Bertz CT molecular complexity index is 1350. The van der Waals surface area contributed by atoms with E-state index < -0.39 is 11.7 Å². The molecule has 0 fully saturated rings. The van der Waals surface area contributed by atoms with Crippen LogP contribution in [0.3, 0.4) is 0 Å². The minimum atomic E-state index is -4.46. The van der Waals surface area contributed by atoms with Gasteiger partial charge in [-0.15, -0.1) is 0 Å². The van der Waals surface area contributed by atoms with Crippen molar-refractivity contribution in [3.8, 4) is 16.9 Å². The Labute approximate surface area is 175 Å². The lowest BCUT2D eigenvalue weighted by Crippen LogP contribution is -2.24. The van der Waals surface area contributed by atoms with Gasteiger partial charge in [0.15, 0.2) is 0 Å². The molecule has 5 rings (SSSR count). The third-order valence-electron chi connectivity index (χ3n) is 5.69. The number of alkyl halides is 3. The molecular formula is C22H18F3N5O. The van der Waals surface area contributed by atoms with Crippen LogP contribution < -0.4 is 10.9 Å². The SMILES string of the molecule is Cn1c2c(c3ccc(-n4ncc(-c5ccc(C(F)(F)F)cn5)cc4=O)cc31)CNCC2. The van der Waals surface area contributed by atoms with Gasteiger partial charge in [-0.25, -0.2) is 0 Å². The van der Waals surface area contributed by atoms with Crippen molar-refractivity contribution in [2.45, 2.75) is 19.1 Å². The maximum Gasteiger partial charge on any atom is 0.417 e. The zero-order chi connectivity index (χ0) is 21.8. The molecule has 1 N–H and O–H groups in total. The molecule has 4 aromatic rings. The van der Waals surface area contributed by atoms with Gasteiger partial charge in [0.1, 0.15) is 0 Å². The molecule has 6 nitrogen and oxygen atoms in total. The molecule has 0 atom stereocenters. The molecule has 1 aliphatic rings. The van der Waals surface area contributed by atoms with Crippen molar-refractivity contribution in [1.29, 1.82) is 0 Å². The second-order valence-electron chi connectivity index (χ2n) is 7.54. The van der Waals surface area contributed by atoms with E-state index in [4.69, 9.17) is 0 Å². The number of nitrogens with one attached hydrogen (secondary N) is 1. The minimum absolute atomic E-state index is 0.253. The van der Waals surface area contributed by atoms with Crippen LogP contribution in [0.2, 0.25) is 0 Å². The average Bonchev–Trinajstić information content (AvgIpc) is 3.05. The summed E-state index contributed by atoms with van der Waals surface area (Å²) in [6.07, 6.45) is -1.33. The summed E-state index contributed by atoms with van der Waals surface area (Å²) in [6, 6.07) is 9.27. The fourth-order valence-electron chi connectivity index (χ4n) is 4.10. The number of pyridine rings is 1. The Morgan fingerprint density at radius 3 is 2.65 bits per heavy atom. The van der Waals surface area contributed by atoms with Crippen LogP contribution in [0.4, 0.5) is 13.2 Å². The lowest BCUT2D eigenvalue weighted by atomic mass is 10.1. The Hall–Kier alpha value is -3.46. The van der Waals surface area contributed by atoms with Gasteiger partial charge in [-0.3, -0.25) is 9.78 Å². The molecule has 1 aliphatic heterocycles. The highest BCUT2D eigenvalue weighted by Gasteiger charge is 2.30. The first kappa shape index (κ1) is 19.5. The average molecular weight is 425 g/mol. The normalized spacial score (nSPS) is 14.1. The van der Waals surface area contributed by atoms with Gasteiger partial charge in [-0.1, -0.05) is 6.07 Å². The standard InChI is InChI=1S/C22H18F3N5O/c1-29-19-6-7-26-12-17(19)16-4-3-15(9-20(16)29)30-21(31)8-13(10-28-30)18-5-2-14(11-27-18)22(23,24)25/h2-5,8-11,26H,6-7,12H2,1H3. The van der Waals surface area contributed by atoms with Gasteiger partial charge in [-0.2, -0.15) is 23.0 Å². The van der Waals surface area contributed by atoms with Gasteiger partial charge in [0.05, 0.1) is 28.7 Å². The van der Waals surface area contributed by atoms with E-state index in [-0.39, 0.29) is 11.3 Å². The van der Waals surface area contributed by atoms with Crippen molar-refractivity contribution in [3.63, 3.8) is 0 Å². The molecule has 0 amide bonds. The fraction of sp³-hybridized carbons (Fsp3) is 0.227. The van der Waals surface area contributed by atoms with Gasteiger partial charge in [0.2, 0.25) is 0 Å². The molecule has 158 valence electrons. The highest BCUT2D eigenvalue weighted by Crippen LogP contribution is 2.30. The van der Waals surface area contributed by atoms with Crippen molar-refractivity contribution in [3.05, 3.63) is 76.0 Å². The molecule has 0 unspecified atom stereocenters. The summed E-state index contributed by atoms with van der Waals surface area (Å²) < 4.78 is 41.6. The largest absolute Gasteiger partial charge is 0.417 e. The van der Waals surface area contributed by atoms with Gasteiger partial charge in [0, 0.05) is 55.5 Å². The van der Waals surface area contributed by atoms with Gasteiger partial charge in [-0.05, 0) is 29.8 Å². The number of fused-ring (bicyclic) bond motifs is 3. The number of hydrogen-bond donors (Lipinski definition) is 1. The van der Waals surface area contributed by atoms with Crippen molar-refractivity contribution in [2.24, 2.45) is 7.05 Å². The molecule has 3 aromatic heterocycles. The molecule has 0 spiro atoms. The molecule has 0 radical (unpaired) electrons. The number of hydrogen-bond acceptors (Lipinski definition) is 4. The predicted octanol–water partition coefficient (Wildman–Crippen LogP) is 3.45. The Balaban J connectivity index is 1.52. The van der Waals surface area contributed by atoms with Crippen LogP contribution in [0, 0.1) is 0 Å². The number of halogens is 3. The van der Waals surface area contributed by atoms with Gasteiger partial charge in [0.25, 0.3) is 5.56 Å². The van der Waals surface area contributed by atoms with E-state index in [1.54, 1.807) is 0 Å². The lowest BCUT2D eigenvalue weighted by molar-refractivity contribution is -0.137. The van der Waals surface area contributed by atoms with Crippen LogP contribution in [-0.4, -0.2) is 25.9 Å². The maximum atomic E-state index is 12.7. The van der Waals surface area contributed by atoms with Crippen LogP contribution in [0.25, 0.3) is 27.8 Å². The topological polar surface area (TPSA) is 64.7 Å². The van der Waals surface area contributed by atoms with E-state index in [1.165, 1.54) is 34.3 Å². The second-order valence-corrected chi connectivity index (χ2v) is 7.54. The lowest BCUT2D eigenvalue weighted by Gasteiger charge is -2.14. The molecule has 0 saturated heterocycles. The summed E-state index contributed by atoms with van der Waals surface area (Å²) >= 11 is 0. The first-order chi connectivity index (χ1) is 14.8. The Morgan fingerprint density at radius 2 is 1.94 bits per heavy atom. The molecule has 0 saturated carbocycles. The van der Waals surface area contributed by atoms with Crippen LogP contribution in [0.1, 0.15) is 16.8 Å². The summed E-state index contributed by atoms with van der Waals surface area (Å²) in [6.45, 7) is 1.75. The van der Waals surface area contributed by atoms with Crippen molar-refractivity contribution in [1.82, 2.24) is 24.6 Å². The summed E-state index contributed by atoms with van der Waals surface area (Å²) in [7, 11) is 2.02. The van der Waals surface area contributed by atoms with E-state index >= 15 is 0 Å². The highest BCUT2D eigenvalue weighted by molar-refractivity contribution is 5.87. The number of nitrogens with zero attached hydrogens (tertiary/aromatic N) is 4. The molecule has 0 aliphatic carbocycles. The number of benzene rings is 1. The number of aromatic nitrogens is 4. The quantitative estimate of drug-likeness (QED) is 0.534. The number of aryl methyl sites for hydroxylation is 1. The van der Waals surface area contributed by atoms with Crippen molar-refractivity contribution in [2.75, 3.05) is 6.54 Å². The van der Waals surface area contributed by atoms with E-state index in [0.717, 1.165) is 42.7 Å². The second kappa shape index (κ2) is 7.05. The number of rotatable bonds is 2. The molecule has 1 aromatic carbocycles. The van der Waals surface area contributed by atoms with Crippen LogP contribution >= 0.6 is 0 Å². The summed E-state index contributed by atoms with van der Waals surface area (Å²) in [5, 5.41) is 8.77. The summed E-state index contributed by atoms with van der Waals surface area (Å²) in [4.78, 5) is 16.6. The summed E-state index contributed by atoms with van der Waals surface area (Å²) in [5.74, 6) is 0. The molecule has 31 heavy (non-hydrogen) atoms. The summed E-state index contributed by atoms with van der Waals surface area (Å²) in [5.41, 5.74) is 3.59. The fourth-order valence-corrected chi connectivity index (χ4v) is 4.10. The molecule has 4 heterocycles.